The predicted octanol–water partition coefficient (Wildman–Crippen LogP) is 4.71. The second kappa shape index (κ2) is 10.5. The largest absolute Gasteiger partial charge is 0.349 e. The Hall–Kier alpha value is -3.06. The number of anilines is 1. The van der Waals surface area contributed by atoms with Crippen LogP contribution in [-0.2, 0) is 11.2 Å². The fraction of sp³-hybridized carbons (Fsp3) is 0.320. The Kier molecular flexibility index (Phi) is 7.27. The van der Waals surface area contributed by atoms with Crippen molar-refractivity contribution in [2.45, 2.75) is 50.2 Å². The van der Waals surface area contributed by atoms with E-state index in [2.05, 4.69) is 32.7 Å². The molecule has 3 N–H and O–H groups in total. The van der Waals surface area contributed by atoms with Crippen LogP contribution in [0, 0.1) is 6.92 Å². The molecule has 0 atom stereocenters. The molecule has 0 spiro atoms. The molecule has 1 aromatic heterocycles. The van der Waals surface area contributed by atoms with E-state index in [9.17, 15) is 9.59 Å². The number of H-pyrrole nitrogens is 1. The van der Waals surface area contributed by atoms with E-state index in [-0.39, 0.29) is 23.6 Å². The number of aromatic amines is 1. The van der Waals surface area contributed by atoms with Crippen molar-refractivity contribution in [3.63, 3.8) is 0 Å². The maximum absolute atomic E-state index is 12.7. The van der Waals surface area contributed by atoms with Crippen molar-refractivity contribution < 1.29 is 9.59 Å². The van der Waals surface area contributed by atoms with Gasteiger partial charge < -0.3 is 15.6 Å². The Labute approximate surface area is 192 Å². The summed E-state index contributed by atoms with van der Waals surface area (Å²) in [5, 5.41) is 6.69. The highest BCUT2D eigenvalue weighted by Gasteiger charge is 2.20. The van der Waals surface area contributed by atoms with E-state index in [4.69, 9.17) is 0 Å². The second-order valence-electron chi connectivity index (χ2n) is 8.11. The second-order valence-corrected chi connectivity index (χ2v) is 9.08. The molecule has 1 saturated carbocycles. The lowest BCUT2D eigenvalue weighted by Gasteiger charge is -2.15. The van der Waals surface area contributed by atoms with Gasteiger partial charge >= 0.3 is 0 Å². The van der Waals surface area contributed by atoms with Crippen molar-refractivity contribution >= 4 is 29.3 Å². The van der Waals surface area contributed by atoms with Crippen molar-refractivity contribution in [1.29, 1.82) is 0 Å². The molecule has 0 radical (unpaired) electrons. The van der Waals surface area contributed by atoms with Crippen molar-refractivity contribution in [2.24, 2.45) is 0 Å². The van der Waals surface area contributed by atoms with Crippen LogP contribution < -0.4 is 10.6 Å². The molecule has 0 bridgehead atoms. The van der Waals surface area contributed by atoms with Gasteiger partial charge in [-0.1, -0.05) is 67.1 Å². The minimum atomic E-state index is -0.172. The number of rotatable bonds is 8. The summed E-state index contributed by atoms with van der Waals surface area (Å²) in [6.07, 6.45) is 5.09. The van der Waals surface area contributed by atoms with E-state index in [1.165, 1.54) is 17.3 Å². The zero-order chi connectivity index (χ0) is 22.3. The Morgan fingerprint density at radius 2 is 1.78 bits per heavy atom. The first-order valence-corrected chi connectivity index (χ1v) is 12.0. The first-order chi connectivity index (χ1) is 15.6. The number of carbonyl (C=O) groups excluding carboxylic acids is 2. The molecule has 0 aliphatic heterocycles. The van der Waals surface area contributed by atoms with Gasteiger partial charge in [-0.2, -0.15) is 0 Å². The third-order valence-electron chi connectivity index (χ3n) is 5.65. The molecule has 166 valence electrons. The van der Waals surface area contributed by atoms with Crippen LogP contribution in [0.1, 0.15) is 53.0 Å². The number of nitrogens with one attached hydrogen (secondary N) is 3. The number of para-hydroxylation sites is 1. The maximum atomic E-state index is 12.7. The molecule has 4 rings (SSSR count). The summed E-state index contributed by atoms with van der Waals surface area (Å²) in [5.74, 6) is -0.0986. The van der Waals surface area contributed by atoms with Gasteiger partial charge in [0.2, 0.25) is 5.91 Å². The van der Waals surface area contributed by atoms with E-state index in [1.54, 1.807) is 12.1 Å². The lowest BCUT2D eigenvalue weighted by Crippen LogP contribution is -2.33. The van der Waals surface area contributed by atoms with E-state index < -0.39 is 0 Å². The molecule has 3 aromatic rings. The SMILES string of the molecule is Cc1[nH]c(SCC(=O)Nc2ccccc2C(=O)NC2CCCC2)nc1Cc1ccccc1. The molecule has 1 aliphatic rings. The van der Waals surface area contributed by atoms with E-state index in [0.717, 1.165) is 48.6 Å². The molecule has 2 aromatic carbocycles. The molecule has 1 aliphatic carbocycles. The molecule has 0 unspecified atom stereocenters. The number of imidazole rings is 1. The van der Waals surface area contributed by atoms with Gasteiger partial charge in [-0.25, -0.2) is 4.98 Å². The number of carbonyl (C=O) groups is 2. The molecule has 0 saturated heterocycles. The Bertz CT molecular complexity index is 1070. The van der Waals surface area contributed by atoms with Gasteiger partial charge in [-0.15, -0.1) is 0 Å². The Balaban J connectivity index is 1.34. The monoisotopic (exact) mass is 448 g/mol. The fourth-order valence-corrected chi connectivity index (χ4v) is 4.68. The lowest BCUT2D eigenvalue weighted by molar-refractivity contribution is -0.113. The van der Waals surface area contributed by atoms with Crippen molar-refractivity contribution in [2.75, 3.05) is 11.1 Å². The number of nitrogens with zero attached hydrogens (tertiary/aromatic N) is 1. The van der Waals surface area contributed by atoms with E-state index in [1.807, 2.05) is 37.3 Å². The van der Waals surface area contributed by atoms with Crippen LogP contribution in [0.2, 0.25) is 0 Å². The van der Waals surface area contributed by atoms with Gasteiger partial charge in [0.25, 0.3) is 5.91 Å². The first-order valence-electron chi connectivity index (χ1n) is 11.0. The molecule has 1 heterocycles. The minimum Gasteiger partial charge on any atom is -0.349 e. The third-order valence-corrected chi connectivity index (χ3v) is 6.53. The highest BCUT2D eigenvalue weighted by Crippen LogP contribution is 2.22. The summed E-state index contributed by atoms with van der Waals surface area (Å²) >= 11 is 1.35. The number of amides is 2. The standard InChI is InChI=1S/C25H28N4O2S/c1-17-22(15-18-9-3-2-4-10-18)29-25(26-17)32-16-23(30)28-21-14-8-7-13-20(21)24(31)27-19-11-5-6-12-19/h2-4,7-10,13-14,19H,5-6,11-12,15-16H2,1H3,(H,26,29)(H,27,31)(H,28,30). The first kappa shape index (κ1) is 22.1. The number of thioether (sulfide) groups is 1. The topological polar surface area (TPSA) is 86.9 Å². The number of hydrogen-bond donors (Lipinski definition) is 3. The van der Waals surface area contributed by atoms with Crippen molar-refractivity contribution in [1.82, 2.24) is 15.3 Å². The zero-order valence-electron chi connectivity index (χ0n) is 18.2. The Morgan fingerprint density at radius 3 is 2.56 bits per heavy atom. The molecular formula is C25H28N4O2S. The van der Waals surface area contributed by atoms with Crippen molar-refractivity contribution in [3.05, 3.63) is 77.1 Å². The summed E-state index contributed by atoms with van der Waals surface area (Å²) in [5.41, 5.74) is 4.22. The van der Waals surface area contributed by atoms with Gasteiger partial charge in [0, 0.05) is 18.2 Å². The summed E-state index contributed by atoms with van der Waals surface area (Å²) in [4.78, 5) is 33.2. The quantitative estimate of drug-likeness (QED) is 0.436. The van der Waals surface area contributed by atoms with Crippen molar-refractivity contribution in [3.8, 4) is 0 Å². The summed E-state index contributed by atoms with van der Waals surface area (Å²) in [7, 11) is 0. The predicted molar refractivity (Wildman–Crippen MR) is 128 cm³/mol. The number of hydrogen-bond acceptors (Lipinski definition) is 4. The highest BCUT2D eigenvalue weighted by molar-refractivity contribution is 7.99. The van der Waals surface area contributed by atoms with E-state index >= 15 is 0 Å². The summed E-state index contributed by atoms with van der Waals surface area (Å²) < 4.78 is 0. The Morgan fingerprint density at radius 1 is 1.06 bits per heavy atom. The van der Waals surface area contributed by atoms with Crippen LogP contribution in [0.4, 0.5) is 5.69 Å². The van der Waals surface area contributed by atoms with Crippen LogP contribution >= 0.6 is 11.8 Å². The molecule has 6 nitrogen and oxygen atoms in total. The van der Waals surface area contributed by atoms with Crippen LogP contribution in [-0.4, -0.2) is 33.6 Å². The third kappa shape index (κ3) is 5.79. The number of benzene rings is 2. The van der Waals surface area contributed by atoms with Crippen LogP contribution in [0.3, 0.4) is 0 Å². The van der Waals surface area contributed by atoms with Gasteiger partial charge in [0.05, 0.1) is 22.7 Å². The zero-order valence-corrected chi connectivity index (χ0v) is 19.0. The molecule has 2 amide bonds. The number of aryl methyl sites for hydroxylation is 1. The average Bonchev–Trinajstić information content (AvgIpc) is 3.43. The maximum Gasteiger partial charge on any atom is 0.253 e. The van der Waals surface area contributed by atoms with Crippen LogP contribution in [0.25, 0.3) is 0 Å². The van der Waals surface area contributed by atoms with Gasteiger partial charge in [0.1, 0.15) is 0 Å². The van der Waals surface area contributed by atoms with Crippen LogP contribution in [0.5, 0.6) is 0 Å². The van der Waals surface area contributed by atoms with Crippen LogP contribution in [0.15, 0.2) is 59.8 Å². The minimum absolute atomic E-state index is 0.132. The van der Waals surface area contributed by atoms with Gasteiger partial charge in [0.15, 0.2) is 5.16 Å². The van der Waals surface area contributed by atoms with Gasteiger partial charge in [-0.3, -0.25) is 9.59 Å². The molecule has 7 heteroatoms. The molecule has 1 fully saturated rings. The van der Waals surface area contributed by atoms with E-state index in [0.29, 0.717) is 11.3 Å². The average molecular weight is 449 g/mol. The molecule has 32 heavy (non-hydrogen) atoms. The molecular weight excluding hydrogens is 420 g/mol. The van der Waals surface area contributed by atoms with Gasteiger partial charge in [-0.05, 0) is 37.5 Å². The normalized spacial score (nSPS) is 13.8. The highest BCUT2D eigenvalue weighted by atomic mass is 32.2. The smallest absolute Gasteiger partial charge is 0.253 e. The lowest BCUT2D eigenvalue weighted by atomic mass is 10.1. The fourth-order valence-electron chi connectivity index (χ4n) is 3.94. The summed E-state index contributed by atoms with van der Waals surface area (Å²) in [6.45, 7) is 1.99. The number of aromatic nitrogens is 2. The summed E-state index contributed by atoms with van der Waals surface area (Å²) in [6, 6.07) is 17.6.